The number of nitrogens with one attached hydrogen (secondary N) is 1. The molecule has 0 bridgehead atoms. The number of hydrogen-bond acceptors (Lipinski definition) is 2. The quantitative estimate of drug-likeness (QED) is 0.732. The minimum atomic E-state index is 0.920. The average molecular weight is 188 g/mol. The average Bonchev–Trinajstić information content (AvgIpc) is 2.34. The molecule has 2 heteroatoms. The summed E-state index contributed by atoms with van der Waals surface area (Å²) in [6.07, 6.45) is 9.86. The zero-order chi connectivity index (χ0) is 10.2. The fraction of sp³-hybridized carbons (Fsp3) is 0.250. The highest BCUT2D eigenvalue weighted by Gasteiger charge is 1.98. The van der Waals surface area contributed by atoms with Gasteiger partial charge in [0.1, 0.15) is 0 Å². The first-order valence-electron chi connectivity index (χ1n) is 4.97. The van der Waals surface area contributed by atoms with Crippen molar-refractivity contribution in [1.82, 2.24) is 10.3 Å². The van der Waals surface area contributed by atoms with Gasteiger partial charge >= 0.3 is 0 Å². The van der Waals surface area contributed by atoms with Gasteiger partial charge in [-0.2, -0.15) is 0 Å². The molecule has 2 nitrogen and oxygen atoms in total. The molecule has 0 saturated carbocycles. The Morgan fingerprint density at radius 1 is 1.36 bits per heavy atom. The summed E-state index contributed by atoms with van der Waals surface area (Å²) < 4.78 is 0. The van der Waals surface area contributed by atoms with Gasteiger partial charge in [0.2, 0.25) is 0 Å². The standard InChI is InChI=1S/C10H10N2.C2H6/c1-3-9(7-11-5-1)10-4-2-6-12-8-10;1-2/h1-5,7-8,12H,6H2;1-2H3. The van der Waals surface area contributed by atoms with Crippen molar-refractivity contribution in [2.75, 3.05) is 6.54 Å². The van der Waals surface area contributed by atoms with Crippen LogP contribution in [0, 0.1) is 0 Å². The lowest BCUT2D eigenvalue weighted by molar-refractivity contribution is 0.976. The Labute approximate surface area is 85.4 Å². The Hall–Kier alpha value is -1.57. The van der Waals surface area contributed by atoms with Gasteiger partial charge in [-0.1, -0.05) is 32.1 Å². The van der Waals surface area contributed by atoms with Crippen LogP contribution < -0.4 is 5.32 Å². The monoisotopic (exact) mass is 188 g/mol. The van der Waals surface area contributed by atoms with E-state index in [1.165, 1.54) is 5.57 Å². The molecule has 1 aliphatic rings. The minimum absolute atomic E-state index is 0.920. The van der Waals surface area contributed by atoms with Crippen LogP contribution in [-0.2, 0) is 0 Å². The molecule has 0 spiro atoms. The summed E-state index contributed by atoms with van der Waals surface area (Å²) in [5.41, 5.74) is 2.34. The van der Waals surface area contributed by atoms with Crippen LogP contribution in [0.1, 0.15) is 19.4 Å². The Bertz CT molecular complexity index is 312. The molecule has 14 heavy (non-hydrogen) atoms. The van der Waals surface area contributed by atoms with Crippen molar-refractivity contribution in [3.8, 4) is 0 Å². The molecule has 74 valence electrons. The first kappa shape index (κ1) is 10.5. The third-order valence-electron chi connectivity index (χ3n) is 1.79. The molecule has 0 radical (unpaired) electrons. The highest BCUT2D eigenvalue weighted by atomic mass is 14.8. The molecule has 0 unspecified atom stereocenters. The molecule has 0 atom stereocenters. The first-order chi connectivity index (χ1) is 6.97. The van der Waals surface area contributed by atoms with Gasteiger partial charge in [0.05, 0.1) is 0 Å². The summed E-state index contributed by atoms with van der Waals surface area (Å²) in [4.78, 5) is 4.06. The molecule has 0 fully saturated rings. The van der Waals surface area contributed by atoms with E-state index in [-0.39, 0.29) is 0 Å². The second-order valence-corrected chi connectivity index (χ2v) is 2.65. The van der Waals surface area contributed by atoms with E-state index in [4.69, 9.17) is 0 Å². The van der Waals surface area contributed by atoms with Gasteiger partial charge in [-0.05, 0) is 11.6 Å². The van der Waals surface area contributed by atoms with E-state index in [0.717, 1.165) is 12.1 Å². The molecular weight excluding hydrogens is 172 g/mol. The summed E-state index contributed by atoms with van der Waals surface area (Å²) in [5, 5.41) is 3.16. The van der Waals surface area contributed by atoms with Crippen LogP contribution in [0.5, 0.6) is 0 Å². The summed E-state index contributed by atoms with van der Waals surface area (Å²) in [5.74, 6) is 0. The van der Waals surface area contributed by atoms with Crippen molar-refractivity contribution < 1.29 is 0 Å². The summed E-state index contributed by atoms with van der Waals surface area (Å²) >= 11 is 0. The third kappa shape index (κ3) is 2.73. The van der Waals surface area contributed by atoms with Crippen LogP contribution in [0.15, 0.2) is 42.9 Å². The van der Waals surface area contributed by atoms with Gasteiger partial charge in [0, 0.05) is 30.7 Å². The van der Waals surface area contributed by atoms with Crippen LogP contribution in [-0.4, -0.2) is 11.5 Å². The smallest absolute Gasteiger partial charge is 0.0346 e. The molecule has 1 aromatic rings. The minimum Gasteiger partial charge on any atom is -0.387 e. The van der Waals surface area contributed by atoms with Crippen molar-refractivity contribution in [3.05, 3.63) is 48.4 Å². The van der Waals surface area contributed by atoms with Gasteiger partial charge in [-0.15, -0.1) is 0 Å². The number of allylic oxidation sites excluding steroid dienone is 2. The van der Waals surface area contributed by atoms with Crippen LogP contribution in [0.2, 0.25) is 0 Å². The van der Waals surface area contributed by atoms with Gasteiger partial charge in [-0.25, -0.2) is 0 Å². The number of hydrogen-bond donors (Lipinski definition) is 1. The molecule has 0 aromatic carbocycles. The molecule has 0 aliphatic carbocycles. The van der Waals surface area contributed by atoms with E-state index in [2.05, 4.69) is 28.5 Å². The number of aromatic nitrogens is 1. The Morgan fingerprint density at radius 3 is 2.79 bits per heavy atom. The lowest BCUT2D eigenvalue weighted by atomic mass is 10.1. The van der Waals surface area contributed by atoms with Crippen molar-refractivity contribution in [1.29, 1.82) is 0 Å². The van der Waals surface area contributed by atoms with Gasteiger partial charge in [0.15, 0.2) is 0 Å². The Balaban J connectivity index is 0.000000461. The molecule has 1 aromatic heterocycles. The number of nitrogens with zero attached hydrogens (tertiary/aromatic N) is 1. The zero-order valence-electron chi connectivity index (χ0n) is 8.70. The number of pyridine rings is 1. The SMILES string of the molecule is C1=CC(c2cccnc2)=CNC1.CC. The predicted octanol–water partition coefficient (Wildman–Crippen LogP) is 2.61. The molecular formula is C12H16N2. The normalized spacial score (nSPS) is 13.4. The van der Waals surface area contributed by atoms with Crippen molar-refractivity contribution in [2.24, 2.45) is 0 Å². The first-order valence-corrected chi connectivity index (χ1v) is 4.97. The van der Waals surface area contributed by atoms with Crippen LogP contribution >= 0.6 is 0 Å². The van der Waals surface area contributed by atoms with Gasteiger partial charge < -0.3 is 5.32 Å². The van der Waals surface area contributed by atoms with E-state index in [1.807, 2.05) is 32.3 Å². The van der Waals surface area contributed by atoms with E-state index >= 15 is 0 Å². The second kappa shape index (κ2) is 5.97. The Morgan fingerprint density at radius 2 is 2.21 bits per heavy atom. The number of rotatable bonds is 1. The highest BCUT2D eigenvalue weighted by Crippen LogP contribution is 2.14. The van der Waals surface area contributed by atoms with E-state index in [1.54, 1.807) is 6.20 Å². The predicted molar refractivity (Wildman–Crippen MR) is 60.7 cm³/mol. The van der Waals surface area contributed by atoms with Crippen LogP contribution in [0.3, 0.4) is 0 Å². The fourth-order valence-corrected chi connectivity index (χ4v) is 1.18. The lowest BCUT2D eigenvalue weighted by Gasteiger charge is -2.07. The maximum Gasteiger partial charge on any atom is 0.0346 e. The molecule has 1 N–H and O–H groups in total. The maximum atomic E-state index is 4.06. The molecule has 0 amide bonds. The lowest BCUT2D eigenvalue weighted by Crippen LogP contribution is -2.08. The van der Waals surface area contributed by atoms with Gasteiger partial charge in [-0.3, -0.25) is 4.98 Å². The van der Waals surface area contributed by atoms with Crippen molar-refractivity contribution >= 4 is 5.57 Å². The molecule has 0 saturated heterocycles. The summed E-state index contributed by atoms with van der Waals surface area (Å²) in [7, 11) is 0. The van der Waals surface area contributed by atoms with E-state index in [0.29, 0.717) is 0 Å². The van der Waals surface area contributed by atoms with E-state index < -0.39 is 0 Å². The fourth-order valence-electron chi connectivity index (χ4n) is 1.18. The highest BCUT2D eigenvalue weighted by molar-refractivity contribution is 5.73. The molecule has 2 rings (SSSR count). The zero-order valence-corrected chi connectivity index (χ0v) is 8.70. The molecule has 1 aliphatic heterocycles. The van der Waals surface area contributed by atoms with Crippen molar-refractivity contribution in [3.63, 3.8) is 0 Å². The Kier molecular flexibility index (Phi) is 4.48. The topological polar surface area (TPSA) is 24.9 Å². The van der Waals surface area contributed by atoms with Gasteiger partial charge in [0.25, 0.3) is 0 Å². The third-order valence-corrected chi connectivity index (χ3v) is 1.79. The van der Waals surface area contributed by atoms with Crippen molar-refractivity contribution in [2.45, 2.75) is 13.8 Å². The van der Waals surface area contributed by atoms with E-state index in [9.17, 15) is 0 Å². The second-order valence-electron chi connectivity index (χ2n) is 2.65. The maximum absolute atomic E-state index is 4.06. The largest absolute Gasteiger partial charge is 0.387 e. The van der Waals surface area contributed by atoms with Crippen LogP contribution in [0.4, 0.5) is 0 Å². The summed E-state index contributed by atoms with van der Waals surface area (Å²) in [6.45, 7) is 4.92. The summed E-state index contributed by atoms with van der Waals surface area (Å²) in [6, 6.07) is 3.99. The van der Waals surface area contributed by atoms with Crippen LogP contribution in [0.25, 0.3) is 5.57 Å². The molecule has 2 heterocycles. The number of dihydropyridines is 1.